The largest absolute Gasteiger partial charge is 0.490 e. The van der Waals surface area contributed by atoms with E-state index in [2.05, 4.69) is 60.8 Å². The van der Waals surface area contributed by atoms with E-state index in [-0.39, 0.29) is 0 Å². The van der Waals surface area contributed by atoms with E-state index >= 15 is 0 Å². The first-order valence-corrected chi connectivity index (χ1v) is 7.92. The molecule has 0 atom stereocenters. The van der Waals surface area contributed by atoms with Crippen LogP contribution in [-0.4, -0.2) is 12.6 Å². The fourth-order valence-electron chi connectivity index (χ4n) is 2.33. The van der Waals surface area contributed by atoms with Crippen LogP contribution in [0.15, 0.2) is 48.5 Å². The minimum Gasteiger partial charge on any atom is -0.490 e. The molecule has 0 aromatic heterocycles. The van der Waals surface area contributed by atoms with Gasteiger partial charge in [0.05, 0.1) is 6.10 Å². The van der Waals surface area contributed by atoms with Crippen LogP contribution in [-0.2, 0) is 6.54 Å². The number of benzene rings is 2. The minimum absolute atomic E-state index is 0.464. The molecule has 1 N–H and O–H groups in total. The van der Waals surface area contributed by atoms with Crippen LogP contribution in [0.3, 0.4) is 0 Å². The molecule has 0 saturated heterocycles. The van der Waals surface area contributed by atoms with E-state index in [4.69, 9.17) is 4.74 Å². The van der Waals surface area contributed by atoms with Crippen molar-refractivity contribution in [3.63, 3.8) is 0 Å². The summed E-state index contributed by atoms with van der Waals surface area (Å²) < 4.78 is 5.78. The van der Waals surface area contributed by atoms with Gasteiger partial charge in [-0.1, -0.05) is 43.3 Å². The summed E-state index contributed by atoms with van der Waals surface area (Å²) in [5, 5.41) is 3.43. The van der Waals surface area contributed by atoms with Crippen LogP contribution in [0.4, 0.5) is 0 Å². The Morgan fingerprint density at radius 3 is 2.14 bits per heavy atom. The summed E-state index contributed by atoms with van der Waals surface area (Å²) in [5.41, 5.74) is 3.83. The molecule has 2 nitrogen and oxygen atoms in total. The van der Waals surface area contributed by atoms with Gasteiger partial charge in [-0.2, -0.15) is 0 Å². The van der Waals surface area contributed by atoms with Gasteiger partial charge in [-0.25, -0.2) is 0 Å². The van der Waals surface area contributed by atoms with E-state index in [1.54, 1.807) is 0 Å². The van der Waals surface area contributed by atoms with Gasteiger partial charge in [-0.3, -0.25) is 0 Å². The minimum atomic E-state index is 0.464. The lowest BCUT2D eigenvalue weighted by Gasteiger charge is -2.07. The van der Waals surface area contributed by atoms with Crippen molar-refractivity contribution >= 4 is 0 Å². The van der Waals surface area contributed by atoms with Crippen molar-refractivity contribution in [3.8, 4) is 16.9 Å². The number of nitrogens with one attached hydrogen (secondary N) is 1. The summed E-state index contributed by atoms with van der Waals surface area (Å²) in [5.74, 6) is 0.988. The van der Waals surface area contributed by atoms with Crippen molar-refractivity contribution in [1.82, 2.24) is 5.32 Å². The number of rotatable bonds is 7. The number of ether oxygens (including phenoxy) is 1. The van der Waals surface area contributed by atoms with Crippen LogP contribution in [0, 0.1) is 0 Å². The Kier molecular flexibility index (Phi) is 4.56. The molecular weight excluding hydrogens is 258 g/mol. The van der Waals surface area contributed by atoms with Crippen LogP contribution >= 0.6 is 0 Å². The van der Waals surface area contributed by atoms with Gasteiger partial charge in [0.2, 0.25) is 0 Å². The molecule has 0 radical (unpaired) electrons. The quantitative estimate of drug-likeness (QED) is 0.760. The normalized spacial score (nSPS) is 14.1. The molecule has 0 heterocycles. The van der Waals surface area contributed by atoms with Crippen LogP contribution in [0.25, 0.3) is 11.1 Å². The summed E-state index contributed by atoms with van der Waals surface area (Å²) >= 11 is 0. The predicted octanol–water partition coefficient (Wildman–Crippen LogP) is 4.39. The molecular formula is C19H23NO. The standard InChI is InChI=1S/C19H23NO/c1-2-13-20-14-15-3-5-16(6-4-15)17-7-9-18(10-8-17)21-19-11-12-19/h3-10,19-20H,2,11-14H2,1H3. The zero-order valence-corrected chi connectivity index (χ0v) is 12.6. The van der Waals surface area contributed by atoms with E-state index in [0.717, 1.165) is 18.8 Å². The summed E-state index contributed by atoms with van der Waals surface area (Å²) in [7, 11) is 0. The maximum atomic E-state index is 5.78. The maximum absolute atomic E-state index is 5.78. The zero-order valence-electron chi connectivity index (χ0n) is 12.6. The van der Waals surface area contributed by atoms with Crippen molar-refractivity contribution in [3.05, 3.63) is 54.1 Å². The smallest absolute Gasteiger partial charge is 0.119 e. The highest BCUT2D eigenvalue weighted by Crippen LogP contribution is 2.28. The lowest BCUT2D eigenvalue weighted by molar-refractivity contribution is 0.303. The molecule has 1 aliphatic rings. The van der Waals surface area contributed by atoms with Gasteiger partial charge in [-0.05, 0) is 54.6 Å². The Balaban J connectivity index is 1.62. The van der Waals surface area contributed by atoms with Crippen molar-refractivity contribution in [1.29, 1.82) is 0 Å². The molecule has 1 aliphatic carbocycles. The molecule has 0 amide bonds. The molecule has 1 fully saturated rings. The topological polar surface area (TPSA) is 21.3 Å². The Morgan fingerprint density at radius 1 is 0.952 bits per heavy atom. The number of hydrogen-bond acceptors (Lipinski definition) is 2. The van der Waals surface area contributed by atoms with Crippen LogP contribution in [0.5, 0.6) is 5.75 Å². The SMILES string of the molecule is CCCNCc1ccc(-c2ccc(OC3CC3)cc2)cc1. The molecule has 3 rings (SSSR count). The molecule has 110 valence electrons. The van der Waals surface area contributed by atoms with Gasteiger partial charge < -0.3 is 10.1 Å². The van der Waals surface area contributed by atoms with Gasteiger partial charge in [-0.15, -0.1) is 0 Å². The summed E-state index contributed by atoms with van der Waals surface area (Å²) in [6.07, 6.45) is 4.04. The third-order valence-corrected chi connectivity index (χ3v) is 3.72. The monoisotopic (exact) mass is 281 g/mol. The van der Waals surface area contributed by atoms with E-state index in [1.165, 1.54) is 36.0 Å². The fourth-order valence-corrected chi connectivity index (χ4v) is 2.33. The predicted molar refractivity (Wildman–Crippen MR) is 87.5 cm³/mol. The van der Waals surface area contributed by atoms with E-state index < -0.39 is 0 Å². The van der Waals surface area contributed by atoms with E-state index in [1.807, 2.05) is 0 Å². The second-order valence-electron chi connectivity index (χ2n) is 5.72. The highest BCUT2D eigenvalue weighted by molar-refractivity contribution is 5.64. The lowest BCUT2D eigenvalue weighted by atomic mass is 10.0. The van der Waals surface area contributed by atoms with Gasteiger partial charge in [0.25, 0.3) is 0 Å². The Labute approximate surface area is 127 Å². The molecule has 2 aromatic rings. The van der Waals surface area contributed by atoms with Gasteiger partial charge in [0.15, 0.2) is 0 Å². The maximum Gasteiger partial charge on any atom is 0.119 e. The molecule has 0 aliphatic heterocycles. The first-order valence-electron chi connectivity index (χ1n) is 7.92. The zero-order chi connectivity index (χ0) is 14.5. The van der Waals surface area contributed by atoms with E-state index in [9.17, 15) is 0 Å². The second kappa shape index (κ2) is 6.77. The van der Waals surface area contributed by atoms with Crippen molar-refractivity contribution in [2.24, 2.45) is 0 Å². The Bertz CT molecular complexity index is 555. The molecule has 0 unspecified atom stereocenters. The first kappa shape index (κ1) is 14.2. The van der Waals surface area contributed by atoms with E-state index in [0.29, 0.717) is 6.10 Å². The molecule has 0 spiro atoms. The van der Waals surface area contributed by atoms with Crippen LogP contribution in [0.1, 0.15) is 31.7 Å². The average molecular weight is 281 g/mol. The average Bonchev–Trinajstić information content (AvgIpc) is 3.33. The summed E-state index contributed by atoms with van der Waals surface area (Å²) in [6, 6.07) is 17.2. The molecule has 2 heteroatoms. The van der Waals surface area contributed by atoms with Gasteiger partial charge >= 0.3 is 0 Å². The third-order valence-electron chi connectivity index (χ3n) is 3.72. The molecule has 2 aromatic carbocycles. The molecule has 21 heavy (non-hydrogen) atoms. The van der Waals surface area contributed by atoms with Crippen LogP contribution in [0.2, 0.25) is 0 Å². The summed E-state index contributed by atoms with van der Waals surface area (Å²) in [4.78, 5) is 0. The lowest BCUT2D eigenvalue weighted by Crippen LogP contribution is -2.13. The summed E-state index contributed by atoms with van der Waals surface area (Å²) in [6.45, 7) is 4.21. The highest BCUT2D eigenvalue weighted by atomic mass is 16.5. The molecule has 1 saturated carbocycles. The highest BCUT2D eigenvalue weighted by Gasteiger charge is 2.23. The van der Waals surface area contributed by atoms with Crippen molar-refractivity contribution in [2.45, 2.75) is 38.8 Å². The third kappa shape index (κ3) is 4.08. The van der Waals surface area contributed by atoms with Crippen molar-refractivity contribution in [2.75, 3.05) is 6.54 Å². The second-order valence-corrected chi connectivity index (χ2v) is 5.72. The first-order chi connectivity index (χ1) is 10.3. The van der Waals surface area contributed by atoms with Crippen molar-refractivity contribution < 1.29 is 4.74 Å². The fraction of sp³-hybridized carbons (Fsp3) is 0.368. The van der Waals surface area contributed by atoms with Gasteiger partial charge in [0.1, 0.15) is 5.75 Å². The molecule has 0 bridgehead atoms. The number of hydrogen-bond donors (Lipinski definition) is 1. The Hall–Kier alpha value is -1.80. The Morgan fingerprint density at radius 2 is 1.57 bits per heavy atom. The van der Waals surface area contributed by atoms with Gasteiger partial charge in [0, 0.05) is 6.54 Å². The van der Waals surface area contributed by atoms with Crippen LogP contribution < -0.4 is 10.1 Å².